The van der Waals surface area contributed by atoms with Crippen molar-refractivity contribution in [2.75, 3.05) is 26.4 Å². The Morgan fingerprint density at radius 3 is 2.91 bits per heavy atom. The van der Waals surface area contributed by atoms with Crippen molar-refractivity contribution in [3.05, 3.63) is 28.8 Å². The van der Waals surface area contributed by atoms with E-state index in [0.717, 1.165) is 18.4 Å². The van der Waals surface area contributed by atoms with Crippen molar-refractivity contribution < 1.29 is 19.4 Å². The number of aliphatic hydroxyl groups excluding tert-OH is 1. The van der Waals surface area contributed by atoms with Crippen LogP contribution < -0.4 is 10.1 Å². The Morgan fingerprint density at radius 2 is 2.23 bits per heavy atom. The first kappa shape index (κ1) is 17.1. The Kier molecular flexibility index (Phi) is 6.49. The highest BCUT2D eigenvalue weighted by Crippen LogP contribution is 2.21. The molecule has 1 heterocycles. The molecule has 0 aliphatic carbocycles. The summed E-state index contributed by atoms with van der Waals surface area (Å²) >= 11 is 5.94. The third kappa shape index (κ3) is 5.16. The molecule has 1 aromatic carbocycles. The van der Waals surface area contributed by atoms with Crippen LogP contribution >= 0.6 is 11.6 Å². The van der Waals surface area contributed by atoms with Crippen LogP contribution in [-0.2, 0) is 9.53 Å². The van der Waals surface area contributed by atoms with Crippen molar-refractivity contribution >= 4 is 17.5 Å². The molecule has 22 heavy (non-hydrogen) atoms. The first-order valence-electron chi connectivity index (χ1n) is 7.48. The van der Waals surface area contributed by atoms with Crippen molar-refractivity contribution in [2.24, 2.45) is 5.92 Å². The van der Waals surface area contributed by atoms with E-state index in [1.165, 1.54) is 0 Å². The topological polar surface area (TPSA) is 67.8 Å². The molecule has 2 rings (SSSR count). The van der Waals surface area contributed by atoms with Gasteiger partial charge in [0.1, 0.15) is 18.5 Å². The van der Waals surface area contributed by atoms with Gasteiger partial charge in [-0.05, 0) is 43.5 Å². The van der Waals surface area contributed by atoms with Crippen LogP contribution in [-0.4, -0.2) is 43.5 Å². The van der Waals surface area contributed by atoms with Crippen LogP contribution in [0.1, 0.15) is 18.4 Å². The molecule has 1 aromatic rings. The van der Waals surface area contributed by atoms with Gasteiger partial charge in [0.05, 0.1) is 0 Å². The molecule has 2 N–H and O–H groups in total. The molecule has 1 aliphatic heterocycles. The molecule has 6 heteroatoms. The number of hydrogen-bond acceptors (Lipinski definition) is 4. The summed E-state index contributed by atoms with van der Waals surface area (Å²) in [5.41, 5.74) is 0.918. The smallest absolute Gasteiger partial charge is 0.223 e. The summed E-state index contributed by atoms with van der Waals surface area (Å²) < 4.78 is 10.7. The number of carbonyl (C=O) groups excluding carboxylic acids is 1. The van der Waals surface area contributed by atoms with E-state index in [0.29, 0.717) is 24.0 Å². The van der Waals surface area contributed by atoms with Crippen molar-refractivity contribution in [3.8, 4) is 5.75 Å². The summed E-state index contributed by atoms with van der Waals surface area (Å²) in [5, 5.41) is 13.3. The van der Waals surface area contributed by atoms with Crippen LogP contribution in [0.2, 0.25) is 5.02 Å². The minimum absolute atomic E-state index is 0.0132. The lowest BCUT2D eigenvalue weighted by Gasteiger charge is -2.22. The van der Waals surface area contributed by atoms with Gasteiger partial charge in [0.2, 0.25) is 5.91 Å². The Balaban J connectivity index is 1.69. The zero-order valence-electron chi connectivity index (χ0n) is 12.7. The number of aryl methyl sites for hydroxylation is 1. The van der Waals surface area contributed by atoms with Crippen molar-refractivity contribution in [3.63, 3.8) is 0 Å². The average molecular weight is 328 g/mol. The van der Waals surface area contributed by atoms with Gasteiger partial charge in [-0.2, -0.15) is 0 Å². The van der Waals surface area contributed by atoms with Crippen molar-refractivity contribution in [1.29, 1.82) is 0 Å². The normalized spacial score (nSPS) is 17.0. The Morgan fingerprint density at radius 1 is 1.50 bits per heavy atom. The minimum atomic E-state index is -0.750. The maximum absolute atomic E-state index is 11.9. The van der Waals surface area contributed by atoms with E-state index in [1.807, 2.05) is 13.0 Å². The van der Waals surface area contributed by atoms with Crippen LogP contribution in [0.4, 0.5) is 0 Å². The number of ether oxygens (including phenoxy) is 2. The lowest BCUT2D eigenvalue weighted by Crippen LogP contribution is -2.40. The summed E-state index contributed by atoms with van der Waals surface area (Å²) in [5.74, 6) is 0.613. The van der Waals surface area contributed by atoms with Crippen molar-refractivity contribution in [2.45, 2.75) is 25.9 Å². The summed E-state index contributed by atoms with van der Waals surface area (Å²) in [6.07, 6.45) is 0.727. The lowest BCUT2D eigenvalue weighted by atomic mass is 9.99. The van der Waals surface area contributed by atoms with E-state index >= 15 is 0 Å². The second-order valence-electron chi connectivity index (χ2n) is 5.51. The molecule has 0 spiro atoms. The van der Waals surface area contributed by atoms with Gasteiger partial charge in [0.25, 0.3) is 0 Å². The Labute approximate surface area is 135 Å². The van der Waals surface area contributed by atoms with Gasteiger partial charge in [-0.3, -0.25) is 4.79 Å². The summed E-state index contributed by atoms with van der Waals surface area (Å²) in [6, 6.07) is 5.32. The molecule has 0 saturated carbocycles. The molecule has 1 saturated heterocycles. The van der Waals surface area contributed by atoms with Gasteiger partial charge in [0.15, 0.2) is 0 Å². The fraction of sp³-hybridized carbons (Fsp3) is 0.562. The van der Waals surface area contributed by atoms with Crippen LogP contribution in [0.15, 0.2) is 18.2 Å². The van der Waals surface area contributed by atoms with Crippen LogP contribution in [0.5, 0.6) is 5.75 Å². The van der Waals surface area contributed by atoms with E-state index in [4.69, 9.17) is 21.1 Å². The van der Waals surface area contributed by atoms with Gasteiger partial charge < -0.3 is 19.9 Å². The first-order chi connectivity index (χ1) is 10.6. The maximum atomic E-state index is 11.9. The Bertz CT molecular complexity index is 503. The summed E-state index contributed by atoms with van der Waals surface area (Å²) in [7, 11) is 0. The minimum Gasteiger partial charge on any atom is -0.491 e. The summed E-state index contributed by atoms with van der Waals surface area (Å²) in [4.78, 5) is 11.9. The standard InChI is InChI=1S/C16H22ClNO4/c1-11-8-14(2-3-15(11)17)22-10-13(19)9-18-16(20)12-4-6-21-7-5-12/h2-3,8,12-13,19H,4-7,9-10H2,1H3,(H,18,20)/t13-/m0/s1. The monoisotopic (exact) mass is 327 g/mol. The second kappa shape index (κ2) is 8.36. The van der Waals surface area contributed by atoms with E-state index < -0.39 is 6.10 Å². The van der Waals surface area contributed by atoms with E-state index in [9.17, 15) is 9.90 Å². The zero-order chi connectivity index (χ0) is 15.9. The third-order valence-electron chi connectivity index (χ3n) is 3.68. The molecule has 1 fully saturated rings. The van der Waals surface area contributed by atoms with Gasteiger partial charge in [0, 0.05) is 30.7 Å². The summed E-state index contributed by atoms with van der Waals surface area (Å²) in [6.45, 7) is 3.44. The SMILES string of the molecule is Cc1cc(OC[C@@H](O)CNC(=O)C2CCOCC2)ccc1Cl. The van der Waals surface area contributed by atoms with Crippen LogP contribution in [0.3, 0.4) is 0 Å². The molecule has 5 nitrogen and oxygen atoms in total. The third-order valence-corrected chi connectivity index (χ3v) is 4.10. The van der Waals surface area contributed by atoms with E-state index in [2.05, 4.69) is 5.32 Å². The molecular formula is C16H22ClNO4. The number of rotatable bonds is 6. The number of hydrogen-bond donors (Lipinski definition) is 2. The number of benzene rings is 1. The number of amides is 1. The highest BCUT2D eigenvalue weighted by molar-refractivity contribution is 6.31. The lowest BCUT2D eigenvalue weighted by molar-refractivity contribution is -0.128. The van der Waals surface area contributed by atoms with Crippen LogP contribution in [0.25, 0.3) is 0 Å². The molecule has 0 unspecified atom stereocenters. The highest BCUT2D eigenvalue weighted by atomic mass is 35.5. The first-order valence-corrected chi connectivity index (χ1v) is 7.86. The van der Waals surface area contributed by atoms with Gasteiger partial charge in [-0.25, -0.2) is 0 Å². The molecule has 1 amide bonds. The predicted octanol–water partition coefficient (Wildman–Crippen LogP) is 1.93. The fourth-order valence-electron chi connectivity index (χ4n) is 2.28. The highest BCUT2D eigenvalue weighted by Gasteiger charge is 2.21. The molecule has 0 aromatic heterocycles. The predicted molar refractivity (Wildman–Crippen MR) is 84.2 cm³/mol. The fourth-order valence-corrected chi connectivity index (χ4v) is 2.40. The number of carbonyl (C=O) groups is 1. The van der Waals surface area contributed by atoms with Gasteiger partial charge in [-0.15, -0.1) is 0 Å². The molecule has 0 bridgehead atoms. The Hall–Kier alpha value is -1.30. The molecular weight excluding hydrogens is 306 g/mol. The second-order valence-corrected chi connectivity index (χ2v) is 5.91. The van der Waals surface area contributed by atoms with Gasteiger partial charge >= 0.3 is 0 Å². The van der Waals surface area contributed by atoms with E-state index in [-0.39, 0.29) is 25.0 Å². The van der Waals surface area contributed by atoms with Crippen molar-refractivity contribution in [1.82, 2.24) is 5.32 Å². The molecule has 1 atom stereocenters. The average Bonchev–Trinajstić information content (AvgIpc) is 2.54. The number of aliphatic hydroxyl groups is 1. The maximum Gasteiger partial charge on any atom is 0.223 e. The van der Waals surface area contributed by atoms with Gasteiger partial charge in [-0.1, -0.05) is 11.6 Å². The van der Waals surface area contributed by atoms with E-state index in [1.54, 1.807) is 12.1 Å². The van der Waals surface area contributed by atoms with Crippen LogP contribution in [0, 0.1) is 12.8 Å². The number of nitrogens with one attached hydrogen (secondary N) is 1. The quantitative estimate of drug-likeness (QED) is 0.838. The zero-order valence-corrected chi connectivity index (χ0v) is 13.4. The molecule has 122 valence electrons. The number of halogens is 1. The largest absolute Gasteiger partial charge is 0.491 e. The molecule has 0 radical (unpaired) electrons. The molecule has 1 aliphatic rings.